The van der Waals surface area contributed by atoms with Crippen LogP contribution in [0.3, 0.4) is 0 Å². The summed E-state index contributed by atoms with van der Waals surface area (Å²) in [4.78, 5) is 2.65. The lowest BCUT2D eigenvalue weighted by Crippen LogP contribution is -2.44. The van der Waals surface area contributed by atoms with Gasteiger partial charge in [-0.3, -0.25) is 0 Å². The van der Waals surface area contributed by atoms with Gasteiger partial charge in [0.1, 0.15) is 0 Å². The summed E-state index contributed by atoms with van der Waals surface area (Å²) in [5.41, 5.74) is 6.38. The van der Waals surface area contributed by atoms with Crippen LogP contribution in [0, 0.1) is 11.8 Å². The first-order valence-corrected chi connectivity index (χ1v) is 8.66. The van der Waals surface area contributed by atoms with Crippen LogP contribution in [0.4, 0.5) is 0 Å². The molecule has 0 radical (unpaired) electrons. The van der Waals surface area contributed by atoms with E-state index in [1.54, 1.807) is 0 Å². The highest BCUT2D eigenvalue weighted by atomic mass is 15.1. The highest BCUT2D eigenvalue weighted by Crippen LogP contribution is 2.32. The van der Waals surface area contributed by atoms with E-state index in [1.165, 1.54) is 70.8 Å². The van der Waals surface area contributed by atoms with Crippen molar-refractivity contribution in [2.75, 3.05) is 13.6 Å². The molecule has 2 N–H and O–H groups in total. The van der Waals surface area contributed by atoms with Gasteiger partial charge in [-0.25, -0.2) is 0 Å². The van der Waals surface area contributed by atoms with Crippen molar-refractivity contribution in [3.8, 4) is 0 Å². The molecule has 2 saturated carbocycles. The van der Waals surface area contributed by atoms with E-state index >= 15 is 0 Å². The van der Waals surface area contributed by atoms with E-state index in [-0.39, 0.29) is 0 Å². The molecular weight excluding hydrogens is 232 g/mol. The van der Waals surface area contributed by atoms with Gasteiger partial charge in [-0.05, 0) is 51.0 Å². The van der Waals surface area contributed by atoms with Gasteiger partial charge in [0, 0.05) is 18.6 Å². The van der Waals surface area contributed by atoms with Gasteiger partial charge >= 0.3 is 0 Å². The maximum atomic E-state index is 6.38. The fraction of sp³-hybridized carbons (Fsp3) is 1.00. The number of nitrogens with zero attached hydrogens (tertiary/aromatic N) is 1. The van der Waals surface area contributed by atoms with Crippen LogP contribution >= 0.6 is 0 Å². The van der Waals surface area contributed by atoms with Crippen molar-refractivity contribution in [2.24, 2.45) is 17.6 Å². The van der Waals surface area contributed by atoms with Crippen LogP contribution in [0.25, 0.3) is 0 Å². The summed E-state index contributed by atoms with van der Waals surface area (Å²) < 4.78 is 0. The molecule has 0 spiro atoms. The summed E-state index contributed by atoms with van der Waals surface area (Å²) in [6.45, 7) is 3.58. The lowest BCUT2D eigenvalue weighted by atomic mass is 9.77. The summed E-state index contributed by atoms with van der Waals surface area (Å²) in [7, 11) is 2.35. The topological polar surface area (TPSA) is 29.3 Å². The van der Waals surface area contributed by atoms with E-state index in [0.717, 1.165) is 17.9 Å². The van der Waals surface area contributed by atoms with Crippen LogP contribution in [-0.4, -0.2) is 30.6 Å². The predicted molar refractivity (Wildman–Crippen MR) is 83.2 cm³/mol. The lowest BCUT2D eigenvalue weighted by Gasteiger charge is -2.38. The molecule has 0 amide bonds. The van der Waals surface area contributed by atoms with Crippen molar-refractivity contribution in [3.05, 3.63) is 0 Å². The van der Waals surface area contributed by atoms with E-state index in [9.17, 15) is 0 Å². The molecule has 0 heterocycles. The quantitative estimate of drug-likeness (QED) is 0.784. The number of hydrogen-bond acceptors (Lipinski definition) is 2. The Labute approximate surface area is 120 Å². The summed E-state index contributed by atoms with van der Waals surface area (Å²) in [6, 6.07) is 1.28. The highest BCUT2D eigenvalue weighted by molar-refractivity contribution is 4.85. The summed E-state index contributed by atoms with van der Waals surface area (Å²) in [5.74, 6) is 1.68. The first-order valence-electron chi connectivity index (χ1n) is 8.66. The number of rotatable bonds is 4. The average molecular weight is 266 g/mol. The molecule has 0 bridgehead atoms. The first kappa shape index (κ1) is 15.3. The minimum Gasteiger partial charge on any atom is -0.327 e. The Kier molecular flexibility index (Phi) is 6.15. The third-order valence-electron chi connectivity index (χ3n) is 5.70. The average Bonchev–Trinajstić information content (AvgIpc) is 2.70. The Morgan fingerprint density at radius 2 is 1.68 bits per heavy atom. The largest absolute Gasteiger partial charge is 0.327 e. The monoisotopic (exact) mass is 266 g/mol. The molecule has 2 fully saturated rings. The van der Waals surface area contributed by atoms with E-state index in [0.29, 0.717) is 6.04 Å². The molecule has 0 aromatic carbocycles. The van der Waals surface area contributed by atoms with Gasteiger partial charge in [0.2, 0.25) is 0 Å². The summed E-state index contributed by atoms with van der Waals surface area (Å²) >= 11 is 0. The van der Waals surface area contributed by atoms with Crippen molar-refractivity contribution in [1.82, 2.24) is 4.90 Å². The zero-order valence-corrected chi connectivity index (χ0v) is 13.1. The highest BCUT2D eigenvalue weighted by Gasteiger charge is 2.29. The molecule has 3 atom stereocenters. The second-order valence-corrected chi connectivity index (χ2v) is 7.10. The normalized spacial score (nSPS) is 34.4. The van der Waals surface area contributed by atoms with Gasteiger partial charge < -0.3 is 10.6 Å². The summed E-state index contributed by atoms with van der Waals surface area (Å²) in [6.07, 6.45) is 13.9. The molecule has 112 valence electrons. The van der Waals surface area contributed by atoms with Gasteiger partial charge in [0.05, 0.1) is 0 Å². The van der Waals surface area contributed by atoms with Gasteiger partial charge in [-0.2, -0.15) is 0 Å². The van der Waals surface area contributed by atoms with Gasteiger partial charge in [-0.1, -0.05) is 39.0 Å². The second-order valence-electron chi connectivity index (χ2n) is 7.10. The molecule has 2 aliphatic rings. The van der Waals surface area contributed by atoms with Gasteiger partial charge in [0.25, 0.3) is 0 Å². The van der Waals surface area contributed by atoms with Crippen molar-refractivity contribution in [3.63, 3.8) is 0 Å². The Hall–Kier alpha value is -0.0800. The SMILES string of the molecule is CCC1CCC(N)C(CN(C)C2CCCCCC2)C1. The van der Waals surface area contributed by atoms with Crippen LogP contribution in [0.15, 0.2) is 0 Å². The Bertz CT molecular complexity index is 246. The fourth-order valence-corrected chi connectivity index (χ4v) is 4.18. The Morgan fingerprint density at radius 1 is 1.00 bits per heavy atom. The molecule has 3 unspecified atom stereocenters. The van der Waals surface area contributed by atoms with E-state index in [1.807, 2.05) is 0 Å². The van der Waals surface area contributed by atoms with Crippen LogP contribution in [0.1, 0.15) is 71.1 Å². The molecule has 0 aromatic rings. The minimum absolute atomic E-state index is 0.455. The third kappa shape index (κ3) is 4.46. The van der Waals surface area contributed by atoms with Gasteiger partial charge in [-0.15, -0.1) is 0 Å². The first-order chi connectivity index (χ1) is 9.20. The zero-order chi connectivity index (χ0) is 13.7. The van der Waals surface area contributed by atoms with Gasteiger partial charge in [0.15, 0.2) is 0 Å². The maximum Gasteiger partial charge on any atom is 0.00923 e. The predicted octanol–water partition coefficient (Wildman–Crippen LogP) is 3.79. The fourth-order valence-electron chi connectivity index (χ4n) is 4.18. The van der Waals surface area contributed by atoms with Crippen LogP contribution in [0.2, 0.25) is 0 Å². The molecular formula is C17H34N2. The molecule has 2 rings (SSSR count). The van der Waals surface area contributed by atoms with Crippen molar-refractivity contribution >= 4 is 0 Å². The molecule has 2 heteroatoms. The number of hydrogen-bond donors (Lipinski definition) is 1. The lowest BCUT2D eigenvalue weighted by molar-refractivity contribution is 0.135. The van der Waals surface area contributed by atoms with Crippen LogP contribution in [-0.2, 0) is 0 Å². The zero-order valence-electron chi connectivity index (χ0n) is 13.1. The molecule has 0 saturated heterocycles. The maximum absolute atomic E-state index is 6.38. The van der Waals surface area contributed by atoms with Crippen molar-refractivity contribution in [1.29, 1.82) is 0 Å². The van der Waals surface area contributed by atoms with E-state index in [2.05, 4.69) is 18.9 Å². The van der Waals surface area contributed by atoms with Crippen LogP contribution in [0.5, 0.6) is 0 Å². The van der Waals surface area contributed by atoms with Crippen molar-refractivity contribution < 1.29 is 0 Å². The smallest absolute Gasteiger partial charge is 0.00923 e. The van der Waals surface area contributed by atoms with E-state index in [4.69, 9.17) is 5.73 Å². The molecule has 19 heavy (non-hydrogen) atoms. The second kappa shape index (κ2) is 7.64. The summed E-state index contributed by atoms with van der Waals surface area (Å²) in [5, 5.41) is 0. The molecule has 2 nitrogen and oxygen atoms in total. The standard InChI is InChI=1S/C17H34N2/c1-3-14-10-11-17(18)15(12-14)13-19(2)16-8-6-4-5-7-9-16/h14-17H,3-13,18H2,1-2H3. The van der Waals surface area contributed by atoms with Crippen LogP contribution < -0.4 is 5.73 Å². The molecule has 0 aromatic heterocycles. The third-order valence-corrected chi connectivity index (χ3v) is 5.70. The molecule has 0 aliphatic heterocycles. The minimum atomic E-state index is 0.455. The molecule has 2 aliphatic carbocycles. The van der Waals surface area contributed by atoms with Crippen molar-refractivity contribution in [2.45, 2.75) is 83.2 Å². The Balaban J connectivity index is 1.83. The Morgan fingerprint density at radius 3 is 2.32 bits per heavy atom. The number of nitrogens with two attached hydrogens (primary N) is 1. The van der Waals surface area contributed by atoms with E-state index < -0.39 is 0 Å².